The van der Waals surface area contributed by atoms with Crippen LogP contribution in [0.4, 0.5) is 0 Å². The third-order valence-electron chi connectivity index (χ3n) is 2.72. The van der Waals surface area contributed by atoms with Crippen LogP contribution in [0.2, 0.25) is 0 Å². The highest BCUT2D eigenvalue weighted by atomic mass is 32.2. The van der Waals surface area contributed by atoms with Crippen LogP contribution in [-0.2, 0) is 10.8 Å². The van der Waals surface area contributed by atoms with Crippen molar-refractivity contribution in [2.24, 2.45) is 4.99 Å². The summed E-state index contributed by atoms with van der Waals surface area (Å²) in [5.41, 5.74) is 0.204. The van der Waals surface area contributed by atoms with E-state index in [0.29, 0.717) is 12.3 Å². The number of thioether (sulfide) groups is 1. The predicted molar refractivity (Wildman–Crippen MR) is 70.1 cm³/mol. The SMILES string of the molecule is CCC1(C)CCSC(=NCCS(C)=O)N1. The number of nitrogens with one attached hydrogen (secondary N) is 1. The van der Waals surface area contributed by atoms with Crippen molar-refractivity contribution < 1.29 is 4.21 Å². The molecule has 15 heavy (non-hydrogen) atoms. The van der Waals surface area contributed by atoms with Crippen molar-refractivity contribution in [3.8, 4) is 0 Å². The topological polar surface area (TPSA) is 41.5 Å². The highest BCUT2D eigenvalue weighted by molar-refractivity contribution is 8.13. The van der Waals surface area contributed by atoms with E-state index in [-0.39, 0.29) is 5.54 Å². The lowest BCUT2D eigenvalue weighted by Crippen LogP contribution is -2.48. The average molecular weight is 248 g/mol. The first-order valence-corrected chi connectivity index (χ1v) is 8.02. The van der Waals surface area contributed by atoms with Crippen LogP contribution < -0.4 is 5.32 Å². The lowest BCUT2D eigenvalue weighted by molar-refractivity contribution is 0.390. The average Bonchev–Trinajstić information content (AvgIpc) is 2.17. The van der Waals surface area contributed by atoms with E-state index in [0.717, 1.165) is 17.3 Å². The van der Waals surface area contributed by atoms with E-state index < -0.39 is 10.8 Å². The van der Waals surface area contributed by atoms with Gasteiger partial charge in [-0.1, -0.05) is 18.7 Å². The first-order chi connectivity index (χ1) is 7.06. The van der Waals surface area contributed by atoms with Crippen LogP contribution in [-0.4, -0.2) is 39.2 Å². The molecule has 0 spiro atoms. The van der Waals surface area contributed by atoms with Crippen LogP contribution in [0, 0.1) is 0 Å². The zero-order chi connectivity index (χ0) is 11.3. The lowest BCUT2D eigenvalue weighted by Gasteiger charge is -2.35. The van der Waals surface area contributed by atoms with Gasteiger partial charge in [0.15, 0.2) is 5.17 Å². The summed E-state index contributed by atoms with van der Waals surface area (Å²) in [6.07, 6.45) is 4.02. The predicted octanol–water partition coefficient (Wildman–Crippen LogP) is 1.62. The van der Waals surface area contributed by atoms with E-state index in [1.54, 1.807) is 18.0 Å². The Morgan fingerprint density at radius 3 is 3.00 bits per heavy atom. The summed E-state index contributed by atoms with van der Waals surface area (Å²) in [6, 6.07) is 0. The molecule has 0 aliphatic carbocycles. The van der Waals surface area contributed by atoms with Crippen molar-refractivity contribution >= 4 is 27.7 Å². The molecule has 0 amide bonds. The molecule has 0 aromatic carbocycles. The Balaban J connectivity index is 2.45. The fraction of sp³-hybridized carbons (Fsp3) is 0.900. The molecule has 0 aromatic rings. The summed E-state index contributed by atoms with van der Waals surface area (Å²) in [5.74, 6) is 1.79. The van der Waals surface area contributed by atoms with Crippen LogP contribution >= 0.6 is 11.8 Å². The van der Waals surface area contributed by atoms with Gasteiger partial charge in [0.05, 0.1) is 6.54 Å². The number of aliphatic imine (C=N–C) groups is 1. The third-order valence-corrected chi connectivity index (χ3v) is 4.39. The molecule has 1 heterocycles. The van der Waals surface area contributed by atoms with Crippen LogP contribution in [0.25, 0.3) is 0 Å². The third kappa shape index (κ3) is 4.55. The summed E-state index contributed by atoms with van der Waals surface area (Å²) in [6.45, 7) is 5.10. The molecule has 2 unspecified atom stereocenters. The Morgan fingerprint density at radius 2 is 2.40 bits per heavy atom. The van der Waals surface area contributed by atoms with Gasteiger partial charge >= 0.3 is 0 Å². The van der Waals surface area contributed by atoms with Crippen LogP contribution in [0.5, 0.6) is 0 Å². The van der Waals surface area contributed by atoms with Crippen molar-refractivity contribution in [2.45, 2.75) is 32.2 Å². The second kappa shape index (κ2) is 5.89. The maximum atomic E-state index is 10.9. The molecule has 1 rings (SSSR count). The Hall–Kier alpha value is -0.0300. The van der Waals surface area contributed by atoms with Crippen LogP contribution in [0.3, 0.4) is 0 Å². The van der Waals surface area contributed by atoms with E-state index in [4.69, 9.17) is 0 Å². The van der Waals surface area contributed by atoms with Gasteiger partial charge in [0.1, 0.15) is 0 Å². The van der Waals surface area contributed by atoms with E-state index in [9.17, 15) is 4.21 Å². The normalized spacial score (nSPS) is 31.3. The maximum absolute atomic E-state index is 10.9. The summed E-state index contributed by atoms with van der Waals surface area (Å²) >= 11 is 1.77. The molecule has 3 nitrogen and oxygen atoms in total. The fourth-order valence-electron chi connectivity index (χ4n) is 1.36. The highest BCUT2D eigenvalue weighted by Gasteiger charge is 2.27. The minimum Gasteiger partial charge on any atom is -0.360 e. The molecule has 88 valence electrons. The van der Waals surface area contributed by atoms with E-state index in [1.165, 1.54) is 6.42 Å². The van der Waals surface area contributed by atoms with Crippen molar-refractivity contribution in [1.82, 2.24) is 5.32 Å². The van der Waals surface area contributed by atoms with E-state index in [1.807, 2.05) is 0 Å². The van der Waals surface area contributed by atoms with Gasteiger partial charge in [-0.3, -0.25) is 9.20 Å². The summed E-state index contributed by atoms with van der Waals surface area (Å²) in [5, 5.41) is 4.49. The minimum absolute atomic E-state index is 0.204. The molecule has 1 aliphatic rings. The van der Waals surface area contributed by atoms with Gasteiger partial charge in [-0.15, -0.1) is 0 Å². The second-order valence-corrected chi connectivity index (χ2v) is 6.74. The Labute approximate surface area is 99.0 Å². The first kappa shape index (κ1) is 13.0. The van der Waals surface area contributed by atoms with Gasteiger partial charge in [0.25, 0.3) is 0 Å². The molecule has 1 saturated heterocycles. The summed E-state index contributed by atoms with van der Waals surface area (Å²) in [7, 11) is -0.735. The highest BCUT2D eigenvalue weighted by Crippen LogP contribution is 2.24. The number of rotatable bonds is 4. The molecule has 0 radical (unpaired) electrons. The molecule has 0 aromatic heterocycles. The zero-order valence-electron chi connectivity index (χ0n) is 9.71. The Kier molecular flexibility index (Phi) is 5.12. The molecule has 1 fully saturated rings. The summed E-state index contributed by atoms with van der Waals surface area (Å²) in [4.78, 5) is 4.44. The fourth-order valence-corrected chi connectivity index (χ4v) is 2.95. The van der Waals surface area contributed by atoms with Gasteiger partial charge in [0, 0.05) is 34.1 Å². The van der Waals surface area contributed by atoms with Gasteiger partial charge in [-0.05, 0) is 19.8 Å². The van der Waals surface area contributed by atoms with Gasteiger partial charge < -0.3 is 5.32 Å². The zero-order valence-corrected chi connectivity index (χ0v) is 11.3. The van der Waals surface area contributed by atoms with Crippen molar-refractivity contribution in [3.05, 3.63) is 0 Å². The maximum Gasteiger partial charge on any atom is 0.156 e. The molecular formula is C10H20N2OS2. The Morgan fingerprint density at radius 1 is 1.67 bits per heavy atom. The summed E-state index contributed by atoms with van der Waals surface area (Å²) < 4.78 is 10.9. The molecule has 1 N–H and O–H groups in total. The van der Waals surface area contributed by atoms with Crippen molar-refractivity contribution in [1.29, 1.82) is 0 Å². The van der Waals surface area contributed by atoms with E-state index in [2.05, 4.69) is 24.2 Å². The van der Waals surface area contributed by atoms with Gasteiger partial charge in [-0.25, -0.2) is 0 Å². The smallest absolute Gasteiger partial charge is 0.156 e. The number of nitrogens with zero attached hydrogens (tertiary/aromatic N) is 1. The molecular weight excluding hydrogens is 228 g/mol. The second-order valence-electron chi connectivity index (χ2n) is 4.10. The molecule has 0 saturated carbocycles. The molecule has 1 aliphatic heterocycles. The first-order valence-electron chi connectivity index (χ1n) is 5.31. The molecule has 0 bridgehead atoms. The minimum atomic E-state index is -0.735. The van der Waals surface area contributed by atoms with Crippen LogP contribution in [0.1, 0.15) is 26.7 Å². The number of hydrogen-bond donors (Lipinski definition) is 1. The standard InChI is InChI=1S/C10H20N2OS2/c1-4-10(2)5-7-14-9(12-10)11-6-8-15(3)13/h4-8H2,1-3H3,(H,11,12). The lowest BCUT2D eigenvalue weighted by atomic mass is 9.96. The molecule has 5 heteroatoms. The van der Waals surface area contributed by atoms with Crippen molar-refractivity contribution in [3.63, 3.8) is 0 Å². The van der Waals surface area contributed by atoms with Gasteiger partial charge in [0.2, 0.25) is 0 Å². The van der Waals surface area contributed by atoms with Gasteiger partial charge in [-0.2, -0.15) is 0 Å². The monoisotopic (exact) mass is 248 g/mol. The number of amidine groups is 1. The van der Waals surface area contributed by atoms with Crippen molar-refractivity contribution in [2.75, 3.05) is 24.3 Å². The largest absolute Gasteiger partial charge is 0.360 e. The molecule has 2 atom stereocenters. The van der Waals surface area contributed by atoms with E-state index >= 15 is 0 Å². The van der Waals surface area contributed by atoms with Crippen LogP contribution in [0.15, 0.2) is 4.99 Å². The Bertz CT molecular complexity index is 268. The quantitative estimate of drug-likeness (QED) is 0.822. The number of hydrogen-bond acceptors (Lipinski definition) is 3.